The maximum atomic E-state index is 11.4. The molecule has 5 rings (SSSR count). The van der Waals surface area contributed by atoms with Crippen molar-refractivity contribution in [1.29, 1.82) is 0 Å². The summed E-state index contributed by atoms with van der Waals surface area (Å²) in [7, 11) is 0. The normalized spacial score (nSPS) is 12.8. The molecule has 8 nitrogen and oxygen atoms in total. The van der Waals surface area contributed by atoms with Gasteiger partial charge >= 0.3 is 0 Å². The van der Waals surface area contributed by atoms with E-state index in [4.69, 9.17) is 0 Å². The lowest BCUT2D eigenvalue weighted by Gasteiger charge is -2.29. The summed E-state index contributed by atoms with van der Waals surface area (Å²) in [4.78, 5) is 31.4. The smallest absolute Gasteiger partial charge is 0.232 e. The van der Waals surface area contributed by atoms with Crippen molar-refractivity contribution in [2.24, 2.45) is 0 Å². The number of carbonyl (C=O) groups is 1. The third-order valence-corrected chi connectivity index (χ3v) is 6.45. The van der Waals surface area contributed by atoms with Gasteiger partial charge in [0.05, 0.1) is 0 Å². The Morgan fingerprint density at radius 1 is 1.09 bits per heavy atom. The van der Waals surface area contributed by atoms with Crippen molar-refractivity contribution in [3.05, 3.63) is 71.0 Å². The van der Waals surface area contributed by atoms with Gasteiger partial charge in [-0.3, -0.25) is 4.79 Å². The monoisotopic (exact) mass is 457 g/mol. The number of hydrogen-bond acceptors (Lipinski definition) is 8. The van der Waals surface area contributed by atoms with E-state index in [1.165, 1.54) is 29.9 Å². The third-order valence-electron chi connectivity index (χ3n) is 5.63. The second-order valence-corrected chi connectivity index (χ2v) is 8.78. The summed E-state index contributed by atoms with van der Waals surface area (Å²) in [6.45, 7) is 5.01. The van der Waals surface area contributed by atoms with Crippen LogP contribution >= 0.6 is 11.3 Å². The molecule has 0 bridgehead atoms. The molecule has 0 saturated heterocycles. The van der Waals surface area contributed by atoms with Crippen LogP contribution in [0.25, 0.3) is 10.6 Å². The lowest BCUT2D eigenvalue weighted by molar-refractivity contribution is -0.114. The van der Waals surface area contributed by atoms with Crippen LogP contribution in [0, 0.1) is 6.92 Å². The zero-order chi connectivity index (χ0) is 22.8. The first-order chi connectivity index (χ1) is 16.1. The Morgan fingerprint density at radius 2 is 1.97 bits per heavy atom. The van der Waals surface area contributed by atoms with Crippen LogP contribution < -0.4 is 15.5 Å². The molecule has 0 fully saturated rings. The van der Waals surface area contributed by atoms with Gasteiger partial charge in [0.1, 0.15) is 11.3 Å². The first kappa shape index (κ1) is 21.0. The maximum Gasteiger partial charge on any atom is 0.232 e. The molecule has 2 N–H and O–H groups in total. The van der Waals surface area contributed by atoms with Crippen LogP contribution in [0.2, 0.25) is 0 Å². The molecule has 2 aromatic carbocycles. The fourth-order valence-corrected chi connectivity index (χ4v) is 4.57. The molecule has 33 heavy (non-hydrogen) atoms. The van der Waals surface area contributed by atoms with Crippen molar-refractivity contribution in [3.63, 3.8) is 0 Å². The molecule has 1 aliphatic rings. The number of fused-ring (bicyclic) bond motifs is 1. The van der Waals surface area contributed by atoms with Gasteiger partial charge in [0.2, 0.25) is 17.8 Å². The number of nitrogens with zero attached hydrogens (tertiary/aromatic N) is 5. The largest absolute Gasteiger partial charge is 0.336 e. The minimum Gasteiger partial charge on any atom is -0.336 e. The summed E-state index contributed by atoms with van der Waals surface area (Å²) in [5, 5.41) is 9.15. The summed E-state index contributed by atoms with van der Waals surface area (Å²) in [5.74, 6) is 0.993. The SMILES string of the molecule is CC(=O)Nc1cccc(Nc2ncnc(N3CCc4cc(-c5nccs5)ccc4C3)n2)c1C. The Balaban J connectivity index is 1.34. The summed E-state index contributed by atoms with van der Waals surface area (Å²) in [6.07, 6.45) is 4.28. The highest BCUT2D eigenvalue weighted by Crippen LogP contribution is 2.29. The number of amides is 1. The Bertz CT molecular complexity index is 1310. The summed E-state index contributed by atoms with van der Waals surface area (Å²) >= 11 is 1.65. The topological polar surface area (TPSA) is 95.9 Å². The van der Waals surface area contributed by atoms with E-state index in [0.29, 0.717) is 11.9 Å². The van der Waals surface area contributed by atoms with Gasteiger partial charge in [-0.05, 0) is 48.2 Å². The molecule has 0 saturated carbocycles. The highest BCUT2D eigenvalue weighted by Gasteiger charge is 2.20. The van der Waals surface area contributed by atoms with E-state index in [-0.39, 0.29) is 5.91 Å². The Hall–Kier alpha value is -3.85. The molecule has 0 aliphatic carbocycles. The fourth-order valence-electron chi connectivity index (χ4n) is 3.94. The van der Waals surface area contributed by atoms with Crippen molar-refractivity contribution in [3.8, 4) is 10.6 Å². The van der Waals surface area contributed by atoms with E-state index in [1.807, 2.05) is 36.7 Å². The average Bonchev–Trinajstić information content (AvgIpc) is 3.36. The predicted octanol–water partition coefficient (Wildman–Crippen LogP) is 4.57. The summed E-state index contributed by atoms with van der Waals surface area (Å²) in [6, 6.07) is 12.2. The van der Waals surface area contributed by atoms with Gasteiger partial charge in [-0.15, -0.1) is 11.3 Å². The molecular weight excluding hydrogens is 434 g/mol. The molecule has 0 atom stereocenters. The van der Waals surface area contributed by atoms with Crippen LogP contribution in [0.3, 0.4) is 0 Å². The summed E-state index contributed by atoms with van der Waals surface area (Å²) in [5.41, 5.74) is 6.29. The van der Waals surface area contributed by atoms with Gasteiger partial charge in [0.25, 0.3) is 0 Å². The Labute approximate surface area is 195 Å². The minimum absolute atomic E-state index is 0.109. The molecule has 1 aliphatic heterocycles. The van der Waals surface area contributed by atoms with Gasteiger partial charge in [0.15, 0.2) is 0 Å². The van der Waals surface area contributed by atoms with Gasteiger partial charge in [0, 0.05) is 48.5 Å². The number of nitrogens with one attached hydrogen (secondary N) is 2. The molecule has 3 heterocycles. The fraction of sp³-hybridized carbons (Fsp3) is 0.208. The second-order valence-electron chi connectivity index (χ2n) is 7.89. The zero-order valence-corrected chi connectivity index (χ0v) is 19.2. The van der Waals surface area contributed by atoms with Gasteiger partial charge in [-0.1, -0.05) is 18.2 Å². The summed E-state index contributed by atoms with van der Waals surface area (Å²) < 4.78 is 0. The van der Waals surface area contributed by atoms with Crippen molar-refractivity contribution in [1.82, 2.24) is 19.9 Å². The van der Waals surface area contributed by atoms with Gasteiger partial charge in [-0.25, -0.2) is 15.0 Å². The van der Waals surface area contributed by atoms with Crippen molar-refractivity contribution in [2.75, 3.05) is 22.1 Å². The van der Waals surface area contributed by atoms with Crippen LogP contribution in [0.5, 0.6) is 0 Å². The number of hydrogen-bond donors (Lipinski definition) is 2. The molecular formula is C24H23N7OS. The van der Waals surface area contributed by atoms with Crippen LogP contribution in [0.15, 0.2) is 54.3 Å². The zero-order valence-electron chi connectivity index (χ0n) is 18.4. The number of rotatable bonds is 5. The molecule has 1 amide bonds. The van der Waals surface area contributed by atoms with Crippen molar-refractivity contribution in [2.45, 2.75) is 26.8 Å². The number of aromatic nitrogens is 4. The van der Waals surface area contributed by atoms with E-state index in [2.05, 4.69) is 53.7 Å². The standard InChI is InChI=1S/C24H23N7OS/c1-15-20(28-16(2)32)4-3-5-21(15)29-23-26-14-27-24(30-23)31-10-8-17-12-18(6-7-19(17)13-31)22-25-9-11-33-22/h3-7,9,11-12,14H,8,10,13H2,1-2H3,(H,28,32)(H,26,27,29,30). The molecule has 9 heteroatoms. The Morgan fingerprint density at radius 3 is 2.79 bits per heavy atom. The number of thiazole rings is 1. The van der Waals surface area contributed by atoms with Gasteiger partial charge in [-0.2, -0.15) is 4.98 Å². The van der Waals surface area contributed by atoms with Crippen molar-refractivity contribution >= 4 is 40.5 Å². The van der Waals surface area contributed by atoms with Crippen LogP contribution in [0.4, 0.5) is 23.3 Å². The van der Waals surface area contributed by atoms with Gasteiger partial charge < -0.3 is 15.5 Å². The second kappa shape index (κ2) is 8.95. The van der Waals surface area contributed by atoms with E-state index in [0.717, 1.165) is 41.5 Å². The quantitative estimate of drug-likeness (QED) is 0.453. The van der Waals surface area contributed by atoms with Crippen LogP contribution in [-0.4, -0.2) is 32.4 Å². The van der Waals surface area contributed by atoms with E-state index < -0.39 is 0 Å². The van der Waals surface area contributed by atoms with E-state index in [9.17, 15) is 4.79 Å². The van der Waals surface area contributed by atoms with Crippen LogP contribution in [-0.2, 0) is 17.8 Å². The highest BCUT2D eigenvalue weighted by atomic mass is 32.1. The average molecular weight is 458 g/mol. The lowest BCUT2D eigenvalue weighted by atomic mass is 9.97. The molecule has 0 spiro atoms. The first-order valence-corrected chi connectivity index (χ1v) is 11.5. The predicted molar refractivity (Wildman–Crippen MR) is 131 cm³/mol. The van der Waals surface area contributed by atoms with Crippen LogP contribution in [0.1, 0.15) is 23.6 Å². The van der Waals surface area contributed by atoms with Crippen molar-refractivity contribution < 1.29 is 4.79 Å². The lowest BCUT2D eigenvalue weighted by Crippen LogP contribution is -2.32. The third kappa shape index (κ3) is 4.54. The minimum atomic E-state index is -0.109. The maximum absolute atomic E-state index is 11.4. The van der Waals surface area contributed by atoms with E-state index >= 15 is 0 Å². The molecule has 166 valence electrons. The van der Waals surface area contributed by atoms with E-state index in [1.54, 1.807) is 11.3 Å². The molecule has 4 aromatic rings. The number of anilines is 4. The molecule has 2 aromatic heterocycles. The Kier molecular flexibility index (Phi) is 5.70. The molecule has 0 radical (unpaired) electrons. The molecule has 0 unspecified atom stereocenters. The number of carbonyl (C=O) groups excluding carboxylic acids is 1. The highest BCUT2D eigenvalue weighted by molar-refractivity contribution is 7.13. The number of benzene rings is 2. The first-order valence-electron chi connectivity index (χ1n) is 10.7.